The van der Waals surface area contributed by atoms with E-state index >= 15 is 0 Å². The van der Waals surface area contributed by atoms with Crippen LogP contribution in [-0.4, -0.2) is 18.5 Å². The quantitative estimate of drug-likeness (QED) is 0.731. The summed E-state index contributed by atoms with van der Waals surface area (Å²) in [7, 11) is 0. The molecule has 1 saturated carbocycles. The fourth-order valence-corrected chi connectivity index (χ4v) is 1.97. The lowest BCUT2D eigenvalue weighted by Crippen LogP contribution is -2.45. The summed E-state index contributed by atoms with van der Waals surface area (Å²) >= 11 is 0. The van der Waals surface area contributed by atoms with Gasteiger partial charge < -0.3 is 11.1 Å². The first-order valence-electron chi connectivity index (χ1n) is 5.93. The Morgan fingerprint density at radius 1 is 1.33 bits per heavy atom. The Kier molecular flexibility index (Phi) is 4.14. The third-order valence-corrected chi connectivity index (χ3v) is 2.95. The largest absolute Gasteiger partial charge is 0.355 e. The van der Waals surface area contributed by atoms with E-state index in [1.165, 1.54) is 6.42 Å². The molecule has 88 valence electrons. The third-order valence-electron chi connectivity index (χ3n) is 2.95. The van der Waals surface area contributed by atoms with E-state index in [-0.39, 0.29) is 23.3 Å². The molecule has 2 unspecified atom stereocenters. The number of amides is 1. The van der Waals surface area contributed by atoms with Gasteiger partial charge in [-0.25, -0.2) is 0 Å². The highest BCUT2D eigenvalue weighted by atomic mass is 16.1. The predicted molar refractivity (Wildman–Crippen MR) is 62.4 cm³/mol. The molecule has 0 heterocycles. The van der Waals surface area contributed by atoms with Crippen LogP contribution in [0.1, 0.15) is 46.5 Å². The molecular formula is C12H24N2O. The molecule has 0 spiro atoms. The van der Waals surface area contributed by atoms with E-state index in [1.807, 2.05) is 0 Å². The number of hydrogen-bond donors (Lipinski definition) is 2. The number of rotatable bonds is 2. The minimum absolute atomic E-state index is 0.0427. The van der Waals surface area contributed by atoms with E-state index in [0.717, 1.165) is 25.8 Å². The Morgan fingerprint density at radius 2 is 1.93 bits per heavy atom. The smallest absolute Gasteiger partial charge is 0.224 e. The SMILES string of the molecule is CC(C)(C)CNC(=O)C1CCCCC1N. The van der Waals surface area contributed by atoms with Gasteiger partial charge in [0.05, 0.1) is 5.92 Å². The molecule has 15 heavy (non-hydrogen) atoms. The first-order chi connectivity index (χ1) is 6.90. The van der Waals surface area contributed by atoms with Gasteiger partial charge in [-0.1, -0.05) is 33.6 Å². The zero-order valence-corrected chi connectivity index (χ0v) is 10.2. The molecule has 1 aliphatic carbocycles. The minimum Gasteiger partial charge on any atom is -0.355 e. The Bertz CT molecular complexity index is 220. The summed E-state index contributed by atoms with van der Waals surface area (Å²) in [5.41, 5.74) is 6.11. The molecule has 3 nitrogen and oxygen atoms in total. The number of nitrogens with two attached hydrogens (primary N) is 1. The maximum Gasteiger partial charge on any atom is 0.224 e. The van der Waals surface area contributed by atoms with E-state index in [4.69, 9.17) is 5.73 Å². The van der Waals surface area contributed by atoms with Gasteiger partial charge in [0.25, 0.3) is 0 Å². The molecule has 0 bridgehead atoms. The second-order valence-electron chi connectivity index (χ2n) is 5.83. The van der Waals surface area contributed by atoms with Gasteiger partial charge in [0, 0.05) is 12.6 Å². The van der Waals surface area contributed by atoms with E-state index in [1.54, 1.807) is 0 Å². The lowest BCUT2D eigenvalue weighted by Gasteiger charge is -2.29. The highest BCUT2D eigenvalue weighted by molar-refractivity contribution is 5.79. The number of nitrogens with one attached hydrogen (secondary N) is 1. The maximum atomic E-state index is 11.9. The average Bonchev–Trinajstić information content (AvgIpc) is 2.14. The summed E-state index contributed by atoms with van der Waals surface area (Å²) in [4.78, 5) is 11.9. The molecule has 3 N–H and O–H groups in total. The van der Waals surface area contributed by atoms with Crippen molar-refractivity contribution in [2.75, 3.05) is 6.54 Å². The van der Waals surface area contributed by atoms with Crippen LogP contribution in [0.2, 0.25) is 0 Å². The fourth-order valence-electron chi connectivity index (χ4n) is 1.97. The Morgan fingerprint density at radius 3 is 2.47 bits per heavy atom. The Hall–Kier alpha value is -0.570. The average molecular weight is 212 g/mol. The summed E-state index contributed by atoms with van der Waals surface area (Å²) in [5, 5.41) is 3.00. The monoisotopic (exact) mass is 212 g/mol. The molecule has 1 amide bonds. The van der Waals surface area contributed by atoms with Crippen molar-refractivity contribution in [3.05, 3.63) is 0 Å². The summed E-state index contributed by atoms with van der Waals surface area (Å²) < 4.78 is 0. The van der Waals surface area contributed by atoms with Crippen LogP contribution in [0.25, 0.3) is 0 Å². The first-order valence-corrected chi connectivity index (χ1v) is 5.93. The number of carbonyl (C=O) groups is 1. The molecule has 0 aromatic carbocycles. The van der Waals surface area contributed by atoms with Gasteiger partial charge in [-0.3, -0.25) is 4.79 Å². The summed E-state index contributed by atoms with van der Waals surface area (Å²) in [6.07, 6.45) is 4.26. The highest BCUT2D eigenvalue weighted by Gasteiger charge is 2.28. The van der Waals surface area contributed by atoms with Crippen molar-refractivity contribution in [1.29, 1.82) is 0 Å². The van der Waals surface area contributed by atoms with Crippen molar-refractivity contribution in [3.63, 3.8) is 0 Å². The standard InChI is InChI=1S/C12H24N2O/c1-12(2,3)8-14-11(15)9-6-4-5-7-10(9)13/h9-10H,4-8,13H2,1-3H3,(H,14,15). The predicted octanol–water partition coefficient (Wildman–Crippen LogP) is 1.67. The van der Waals surface area contributed by atoms with Crippen molar-refractivity contribution < 1.29 is 4.79 Å². The third kappa shape index (κ3) is 4.20. The summed E-state index contributed by atoms with van der Waals surface area (Å²) in [6.45, 7) is 7.09. The molecule has 0 saturated heterocycles. The van der Waals surface area contributed by atoms with Crippen LogP contribution in [0.4, 0.5) is 0 Å². The van der Waals surface area contributed by atoms with Gasteiger partial charge in [0.2, 0.25) is 5.91 Å². The van der Waals surface area contributed by atoms with Crippen LogP contribution in [0.5, 0.6) is 0 Å². The molecule has 0 aromatic heterocycles. The summed E-state index contributed by atoms with van der Waals surface area (Å²) in [5.74, 6) is 0.193. The zero-order chi connectivity index (χ0) is 11.5. The molecule has 1 aliphatic rings. The molecule has 2 atom stereocenters. The van der Waals surface area contributed by atoms with Crippen LogP contribution >= 0.6 is 0 Å². The van der Waals surface area contributed by atoms with Gasteiger partial charge in [0.15, 0.2) is 0 Å². The lowest BCUT2D eigenvalue weighted by molar-refractivity contribution is -0.126. The fraction of sp³-hybridized carbons (Fsp3) is 0.917. The normalized spacial score (nSPS) is 27.5. The van der Waals surface area contributed by atoms with Gasteiger partial charge in [0.1, 0.15) is 0 Å². The van der Waals surface area contributed by atoms with Crippen molar-refractivity contribution in [2.24, 2.45) is 17.1 Å². The Balaban J connectivity index is 2.39. The van der Waals surface area contributed by atoms with Crippen molar-refractivity contribution in [3.8, 4) is 0 Å². The molecule has 1 rings (SSSR count). The number of carbonyl (C=O) groups excluding carboxylic acids is 1. The van der Waals surface area contributed by atoms with E-state index < -0.39 is 0 Å². The van der Waals surface area contributed by atoms with E-state index in [2.05, 4.69) is 26.1 Å². The van der Waals surface area contributed by atoms with Crippen LogP contribution in [0, 0.1) is 11.3 Å². The van der Waals surface area contributed by atoms with Crippen LogP contribution in [0.3, 0.4) is 0 Å². The van der Waals surface area contributed by atoms with Crippen molar-refractivity contribution in [1.82, 2.24) is 5.32 Å². The molecule has 0 radical (unpaired) electrons. The minimum atomic E-state index is 0.0427. The van der Waals surface area contributed by atoms with Crippen molar-refractivity contribution in [2.45, 2.75) is 52.5 Å². The van der Waals surface area contributed by atoms with Gasteiger partial charge >= 0.3 is 0 Å². The molecular weight excluding hydrogens is 188 g/mol. The molecule has 1 fully saturated rings. The topological polar surface area (TPSA) is 55.1 Å². The molecule has 3 heteroatoms. The molecule has 0 aromatic rings. The van der Waals surface area contributed by atoms with E-state index in [9.17, 15) is 4.79 Å². The number of hydrogen-bond acceptors (Lipinski definition) is 2. The second-order valence-corrected chi connectivity index (χ2v) is 5.83. The first kappa shape index (κ1) is 12.5. The van der Waals surface area contributed by atoms with Crippen molar-refractivity contribution >= 4 is 5.91 Å². The maximum absolute atomic E-state index is 11.9. The second kappa shape index (κ2) is 4.97. The molecule has 0 aliphatic heterocycles. The van der Waals surface area contributed by atoms with Crippen LogP contribution in [0.15, 0.2) is 0 Å². The lowest BCUT2D eigenvalue weighted by atomic mass is 9.84. The van der Waals surface area contributed by atoms with Gasteiger partial charge in [-0.05, 0) is 18.3 Å². The Labute approximate surface area is 92.8 Å². The van der Waals surface area contributed by atoms with Gasteiger partial charge in [-0.2, -0.15) is 0 Å². The van der Waals surface area contributed by atoms with E-state index in [0.29, 0.717) is 0 Å². The summed E-state index contributed by atoms with van der Waals surface area (Å²) in [6, 6.07) is 0.0683. The zero-order valence-electron chi connectivity index (χ0n) is 10.2. The van der Waals surface area contributed by atoms with Crippen LogP contribution in [-0.2, 0) is 4.79 Å². The van der Waals surface area contributed by atoms with Gasteiger partial charge in [-0.15, -0.1) is 0 Å². The highest BCUT2D eigenvalue weighted by Crippen LogP contribution is 2.23. The van der Waals surface area contributed by atoms with Crippen LogP contribution < -0.4 is 11.1 Å².